The minimum Gasteiger partial charge on any atom is -0.478 e. The normalized spacial score (nSPS) is 11.9. The van der Waals surface area contributed by atoms with E-state index in [9.17, 15) is 22.8 Å². The highest BCUT2D eigenvalue weighted by molar-refractivity contribution is 6.33. The van der Waals surface area contributed by atoms with Crippen molar-refractivity contribution in [3.63, 3.8) is 0 Å². The monoisotopic (exact) mass is 523 g/mol. The fourth-order valence-electron chi connectivity index (χ4n) is 2.96. The van der Waals surface area contributed by atoms with Crippen molar-refractivity contribution in [1.29, 1.82) is 0 Å². The number of nitrogens with one attached hydrogen (secondary N) is 2. The van der Waals surface area contributed by atoms with Gasteiger partial charge in [0.15, 0.2) is 5.82 Å². The lowest BCUT2D eigenvalue weighted by Crippen LogP contribution is -2.46. The van der Waals surface area contributed by atoms with Crippen molar-refractivity contribution < 1.29 is 22.7 Å². The van der Waals surface area contributed by atoms with Crippen molar-refractivity contribution in [2.24, 2.45) is 5.41 Å². The number of aromatic amines is 1. The first-order valence-corrected chi connectivity index (χ1v) is 11.5. The maximum absolute atomic E-state index is 13.1. The van der Waals surface area contributed by atoms with Gasteiger partial charge < -0.3 is 10.1 Å². The summed E-state index contributed by atoms with van der Waals surface area (Å²) in [4.78, 5) is 39.4. The van der Waals surface area contributed by atoms with E-state index in [4.69, 9.17) is 16.3 Å². The standard InChI is InChI=1S/C24H25ClF3N5O3/c1-4-5-10-36-18-9-7-15(13-29-18)19-31-20(33-22(35)32-19)16-11-14(6-8-17(16)25)12-30-21(34)23(2,3)24(26,27)28/h6-9,11,13H,4-5,10,12H2,1-3H3,(H,30,34)(H,31,32,33,35). The number of ether oxygens (including phenoxy) is 1. The number of H-pyrrole nitrogens is 1. The summed E-state index contributed by atoms with van der Waals surface area (Å²) in [7, 11) is 0. The quantitative estimate of drug-likeness (QED) is 0.385. The van der Waals surface area contributed by atoms with Crippen LogP contribution in [0.25, 0.3) is 22.8 Å². The highest BCUT2D eigenvalue weighted by Crippen LogP contribution is 2.37. The Morgan fingerprint density at radius 1 is 1.17 bits per heavy atom. The molecule has 12 heteroatoms. The second-order valence-corrected chi connectivity index (χ2v) is 8.94. The molecule has 0 aliphatic rings. The number of carbonyl (C=O) groups is 1. The van der Waals surface area contributed by atoms with E-state index in [2.05, 4.69) is 25.3 Å². The largest absolute Gasteiger partial charge is 0.478 e. The van der Waals surface area contributed by atoms with E-state index < -0.39 is 23.2 Å². The maximum Gasteiger partial charge on any atom is 0.402 e. The molecule has 0 saturated carbocycles. The van der Waals surface area contributed by atoms with Crippen molar-refractivity contribution in [2.45, 2.75) is 46.3 Å². The maximum atomic E-state index is 13.1. The zero-order valence-corrected chi connectivity index (χ0v) is 20.6. The number of pyridine rings is 1. The fraction of sp³-hybridized carbons (Fsp3) is 0.375. The predicted octanol–water partition coefficient (Wildman–Crippen LogP) is 4.93. The molecule has 8 nitrogen and oxygen atoms in total. The van der Waals surface area contributed by atoms with E-state index in [0.717, 1.165) is 26.7 Å². The highest BCUT2D eigenvalue weighted by Gasteiger charge is 2.52. The fourth-order valence-corrected chi connectivity index (χ4v) is 3.16. The van der Waals surface area contributed by atoms with Gasteiger partial charge in [-0.1, -0.05) is 31.0 Å². The van der Waals surface area contributed by atoms with Crippen LogP contribution in [0.1, 0.15) is 39.2 Å². The molecule has 0 radical (unpaired) electrons. The molecule has 1 amide bonds. The number of halogens is 4. The Bertz CT molecular complexity index is 1280. The SMILES string of the molecule is CCCCOc1ccc(-c2nc(-c3cc(CNC(=O)C(C)(C)C(F)(F)F)ccc3Cl)[nH]c(=O)n2)cn1. The van der Waals surface area contributed by atoms with Crippen LogP contribution in [0.15, 0.2) is 41.3 Å². The minimum absolute atomic E-state index is 0.0991. The molecule has 0 aliphatic carbocycles. The van der Waals surface area contributed by atoms with E-state index in [0.29, 0.717) is 29.2 Å². The number of unbranched alkanes of at least 4 members (excludes halogenated alkanes) is 1. The third-order valence-corrected chi connectivity index (χ3v) is 5.74. The smallest absolute Gasteiger partial charge is 0.402 e. The van der Waals surface area contributed by atoms with Gasteiger partial charge in [-0.2, -0.15) is 18.2 Å². The zero-order chi connectivity index (χ0) is 26.5. The first kappa shape index (κ1) is 27.1. The van der Waals surface area contributed by atoms with Crippen molar-refractivity contribution in [1.82, 2.24) is 25.3 Å². The Balaban J connectivity index is 1.84. The summed E-state index contributed by atoms with van der Waals surface area (Å²) in [5.74, 6) is -0.535. The van der Waals surface area contributed by atoms with Gasteiger partial charge in [0.2, 0.25) is 11.8 Å². The lowest BCUT2D eigenvalue weighted by molar-refractivity contribution is -0.211. The topological polar surface area (TPSA) is 110 Å². The number of hydrogen-bond acceptors (Lipinski definition) is 6. The van der Waals surface area contributed by atoms with Crippen LogP contribution in [0, 0.1) is 5.41 Å². The molecule has 0 saturated heterocycles. The minimum atomic E-state index is -4.70. The molecule has 0 bridgehead atoms. The Morgan fingerprint density at radius 3 is 2.56 bits per heavy atom. The Kier molecular flexibility index (Phi) is 8.34. The molecule has 0 fully saturated rings. The van der Waals surface area contributed by atoms with Crippen LogP contribution in [0.4, 0.5) is 13.2 Å². The molecule has 2 N–H and O–H groups in total. The number of rotatable bonds is 9. The lowest BCUT2D eigenvalue weighted by Gasteiger charge is -2.26. The van der Waals surface area contributed by atoms with Gasteiger partial charge >= 0.3 is 11.9 Å². The molecule has 0 spiro atoms. The summed E-state index contributed by atoms with van der Waals surface area (Å²) in [6, 6.07) is 7.89. The summed E-state index contributed by atoms with van der Waals surface area (Å²) in [6.45, 7) is 4.02. The van der Waals surface area contributed by atoms with E-state index in [1.807, 2.05) is 6.92 Å². The van der Waals surface area contributed by atoms with Crippen LogP contribution >= 0.6 is 11.6 Å². The molecule has 36 heavy (non-hydrogen) atoms. The summed E-state index contributed by atoms with van der Waals surface area (Å²) in [6.07, 6.45) is -1.33. The van der Waals surface area contributed by atoms with E-state index >= 15 is 0 Å². The second-order valence-electron chi connectivity index (χ2n) is 8.53. The molecule has 3 aromatic rings. The van der Waals surface area contributed by atoms with Gasteiger partial charge in [-0.15, -0.1) is 0 Å². The number of nitrogens with zero attached hydrogens (tertiary/aromatic N) is 3. The summed E-state index contributed by atoms with van der Waals surface area (Å²) >= 11 is 6.31. The average molecular weight is 524 g/mol. The third-order valence-electron chi connectivity index (χ3n) is 5.41. The van der Waals surface area contributed by atoms with Crippen LogP contribution in [-0.2, 0) is 11.3 Å². The van der Waals surface area contributed by atoms with Gasteiger partial charge in [0.25, 0.3) is 0 Å². The third kappa shape index (κ3) is 6.39. The molecule has 3 rings (SSSR count). The molecule has 0 aliphatic heterocycles. The number of alkyl halides is 3. The lowest BCUT2D eigenvalue weighted by atomic mass is 9.91. The highest BCUT2D eigenvalue weighted by atomic mass is 35.5. The number of amides is 1. The Hall–Kier alpha value is -3.47. The van der Waals surface area contributed by atoms with Gasteiger partial charge in [0.05, 0.1) is 11.6 Å². The number of benzene rings is 1. The second kappa shape index (κ2) is 11.1. The summed E-state index contributed by atoms with van der Waals surface area (Å²) in [5.41, 5.74) is -2.00. The molecule has 2 heterocycles. The van der Waals surface area contributed by atoms with Gasteiger partial charge in [0.1, 0.15) is 11.2 Å². The van der Waals surface area contributed by atoms with E-state index in [1.165, 1.54) is 18.3 Å². The number of carbonyl (C=O) groups excluding carboxylic acids is 1. The van der Waals surface area contributed by atoms with E-state index in [-0.39, 0.29) is 23.2 Å². The Morgan fingerprint density at radius 2 is 1.92 bits per heavy atom. The molecular weight excluding hydrogens is 499 g/mol. The molecule has 2 aromatic heterocycles. The van der Waals surface area contributed by atoms with Gasteiger partial charge in [0, 0.05) is 29.9 Å². The van der Waals surface area contributed by atoms with Crippen molar-refractivity contribution >= 4 is 17.5 Å². The predicted molar refractivity (Wildman–Crippen MR) is 128 cm³/mol. The van der Waals surface area contributed by atoms with Crippen LogP contribution in [-0.4, -0.2) is 38.6 Å². The van der Waals surface area contributed by atoms with Gasteiger partial charge in [-0.3, -0.25) is 9.78 Å². The molecule has 0 unspecified atom stereocenters. The molecular formula is C24H25ClF3N5O3. The first-order chi connectivity index (χ1) is 16.9. The van der Waals surface area contributed by atoms with Gasteiger partial charge in [-0.25, -0.2) is 14.8 Å². The van der Waals surface area contributed by atoms with Crippen LogP contribution in [0.3, 0.4) is 0 Å². The number of aromatic nitrogens is 4. The van der Waals surface area contributed by atoms with Crippen LogP contribution in [0.5, 0.6) is 5.88 Å². The summed E-state index contributed by atoms with van der Waals surface area (Å²) < 4.78 is 44.9. The van der Waals surface area contributed by atoms with Crippen molar-refractivity contribution in [2.75, 3.05) is 6.61 Å². The first-order valence-electron chi connectivity index (χ1n) is 11.1. The van der Waals surface area contributed by atoms with Gasteiger partial charge in [-0.05, 0) is 44.0 Å². The average Bonchev–Trinajstić information content (AvgIpc) is 2.82. The van der Waals surface area contributed by atoms with Crippen molar-refractivity contribution in [3.05, 3.63) is 57.6 Å². The summed E-state index contributed by atoms with van der Waals surface area (Å²) in [5, 5.41) is 2.52. The van der Waals surface area contributed by atoms with E-state index in [1.54, 1.807) is 18.2 Å². The van der Waals surface area contributed by atoms with Crippen LogP contribution in [0.2, 0.25) is 5.02 Å². The molecule has 192 valence electrons. The Labute approximate surface area is 210 Å². The molecule has 1 aromatic carbocycles. The zero-order valence-electron chi connectivity index (χ0n) is 19.9. The molecule has 0 atom stereocenters. The van der Waals surface area contributed by atoms with Crippen molar-refractivity contribution in [3.8, 4) is 28.7 Å². The van der Waals surface area contributed by atoms with Crippen LogP contribution < -0.4 is 15.7 Å². The number of hydrogen-bond donors (Lipinski definition) is 2.